The maximum absolute atomic E-state index is 12.3. The van der Waals surface area contributed by atoms with Crippen LogP contribution in [-0.4, -0.2) is 50.3 Å². The van der Waals surface area contributed by atoms with E-state index in [2.05, 4.69) is 0 Å². The number of rotatable bonds is 4. The minimum atomic E-state index is 0.0416. The number of ether oxygens (including phenoxy) is 2. The van der Waals surface area contributed by atoms with Gasteiger partial charge in [0.15, 0.2) is 0 Å². The van der Waals surface area contributed by atoms with E-state index >= 15 is 0 Å². The van der Waals surface area contributed by atoms with Gasteiger partial charge in [0.05, 0.1) is 32.3 Å². The van der Waals surface area contributed by atoms with E-state index < -0.39 is 0 Å². The second kappa shape index (κ2) is 6.52. The quantitative estimate of drug-likeness (QED) is 0.802. The van der Waals surface area contributed by atoms with Crippen molar-refractivity contribution in [2.75, 3.05) is 33.5 Å². The molecule has 0 saturated carbocycles. The minimum absolute atomic E-state index is 0.0416. The Hall–Kier alpha value is -1.39. The van der Waals surface area contributed by atoms with Gasteiger partial charge in [0.1, 0.15) is 0 Å². The number of hydrogen-bond donors (Lipinski definition) is 0. The van der Waals surface area contributed by atoms with Gasteiger partial charge in [0.2, 0.25) is 5.91 Å². The molecule has 4 heteroatoms. The van der Waals surface area contributed by atoms with Crippen LogP contribution in [0, 0.1) is 0 Å². The van der Waals surface area contributed by atoms with E-state index in [9.17, 15) is 4.79 Å². The van der Waals surface area contributed by atoms with E-state index in [1.165, 1.54) is 0 Å². The van der Waals surface area contributed by atoms with Crippen molar-refractivity contribution in [2.24, 2.45) is 0 Å². The van der Waals surface area contributed by atoms with Crippen molar-refractivity contribution in [3.8, 4) is 0 Å². The molecule has 1 aromatic carbocycles. The van der Waals surface area contributed by atoms with E-state index in [1.807, 2.05) is 35.2 Å². The van der Waals surface area contributed by atoms with Crippen LogP contribution in [-0.2, 0) is 20.7 Å². The highest BCUT2D eigenvalue weighted by molar-refractivity contribution is 5.79. The highest BCUT2D eigenvalue weighted by Crippen LogP contribution is 2.11. The molecule has 18 heavy (non-hydrogen) atoms. The van der Waals surface area contributed by atoms with E-state index in [4.69, 9.17) is 9.47 Å². The summed E-state index contributed by atoms with van der Waals surface area (Å²) in [6, 6.07) is 9.85. The third kappa shape index (κ3) is 3.31. The smallest absolute Gasteiger partial charge is 0.227 e. The molecule has 1 aromatic rings. The molecule has 2 rings (SSSR count). The Morgan fingerprint density at radius 2 is 2.22 bits per heavy atom. The molecule has 0 aromatic heterocycles. The molecule has 1 fully saturated rings. The van der Waals surface area contributed by atoms with Crippen LogP contribution in [0.15, 0.2) is 30.3 Å². The zero-order chi connectivity index (χ0) is 12.8. The van der Waals surface area contributed by atoms with Crippen molar-refractivity contribution >= 4 is 5.91 Å². The average Bonchev–Trinajstić information content (AvgIpc) is 2.41. The standard InChI is InChI=1S/C14H19NO3/c1-17-10-13-11-18-8-7-15(13)14(16)9-12-5-3-2-4-6-12/h2-6,13H,7-11H2,1H3. The Bertz CT molecular complexity index is 378. The van der Waals surface area contributed by atoms with Crippen molar-refractivity contribution in [1.82, 2.24) is 4.90 Å². The summed E-state index contributed by atoms with van der Waals surface area (Å²) < 4.78 is 10.5. The van der Waals surface area contributed by atoms with E-state index in [-0.39, 0.29) is 11.9 Å². The van der Waals surface area contributed by atoms with Crippen LogP contribution in [0.4, 0.5) is 0 Å². The van der Waals surface area contributed by atoms with Crippen LogP contribution in [0.2, 0.25) is 0 Å². The van der Waals surface area contributed by atoms with Crippen LogP contribution < -0.4 is 0 Å². The van der Waals surface area contributed by atoms with Crippen LogP contribution in [0.25, 0.3) is 0 Å². The summed E-state index contributed by atoms with van der Waals surface area (Å²) in [5.41, 5.74) is 1.05. The first kappa shape index (κ1) is 13.1. The molecule has 1 aliphatic rings. The molecule has 0 radical (unpaired) electrons. The van der Waals surface area contributed by atoms with Crippen LogP contribution >= 0.6 is 0 Å². The number of nitrogens with zero attached hydrogens (tertiary/aromatic N) is 1. The Morgan fingerprint density at radius 1 is 1.44 bits per heavy atom. The Balaban J connectivity index is 1.98. The normalized spacial score (nSPS) is 19.8. The molecule has 1 saturated heterocycles. The third-order valence-corrected chi connectivity index (χ3v) is 3.11. The molecule has 1 unspecified atom stereocenters. The van der Waals surface area contributed by atoms with Gasteiger partial charge in [-0.1, -0.05) is 30.3 Å². The molecule has 1 amide bonds. The molecular weight excluding hydrogens is 230 g/mol. The monoisotopic (exact) mass is 249 g/mol. The van der Waals surface area contributed by atoms with Gasteiger partial charge in [-0.3, -0.25) is 4.79 Å². The molecule has 0 aliphatic carbocycles. The topological polar surface area (TPSA) is 38.8 Å². The van der Waals surface area contributed by atoms with Crippen LogP contribution in [0.1, 0.15) is 5.56 Å². The zero-order valence-corrected chi connectivity index (χ0v) is 10.7. The summed E-state index contributed by atoms with van der Waals surface area (Å²) in [6.07, 6.45) is 0.445. The summed E-state index contributed by atoms with van der Waals surface area (Å²) in [7, 11) is 1.65. The molecule has 1 aliphatic heterocycles. The Morgan fingerprint density at radius 3 is 2.94 bits per heavy atom. The van der Waals surface area contributed by atoms with Gasteiger partial charge in [0, 0.05) is 13.7 Å². The molecule has 0 spiro atoms. The highest BCUT2D eigenvalue weighted by Gasteiger charge is 2.26. The van der Waals surface area contributed by atoms with Crippen molar-refractivity contribution in [3.05, 3.63) is 35.9 Å². The molecule has 1 atom stereocenters. The maximum atomic E-state index is 12.3. The predicted molar refractivity (Wildman–Crippen MR) is 68.3 cm³/mol. The number of morpholine rings is 1. The second-order valence-corrected chi connectivity index (χ2v) is 4.43. The van der Waals surface area contributed by atoms with Crippen LogP contribution in [0.5, 0.6) is 0 Å². The van der Waals surface area contributed by atoms with Gasteiger partial charge in [0.25, 0.3) is 0 Å². The van der Waals surface area contributed by atoms with Crippen molar-refractivity contribution in [1.29, 1.82) is 0 Å². The molecular formula is C14H19NO3. The van der Waals surface area contributed by atoms with Gasteiger partial charge < -0.3 is 14.4 Å². The summed E-state index contributed by atoms with van der Waals surface area (Å²) >= 11 is 0. The largest absolute Gasteiger partial charge is 0.382 e. The Labute approximate surface area is 107 Å². The van der Waals surface area contributed by atoms with Gasteiger partial charge >= 0.3 is 0 Å². The maximum Gasteiger partial charge on any atom is 0.227 e. The number of carbonyl (C=O) groups is 1. The minimum Gasteiger partial charge on any atom is -0.382 e. The third-order valence-electron chi connectivity index (χ3n) is 3.11. The number of hydrogen-bond acceptors (Lipinski definition) is 3. The molecule has 1 heterocycles. The fourth-order valence-corrected chi connectivity index (χ4v) is 2.19. The van der Waals surface area contributed by atoms with E-state index in [0.29, 0.717) is 32.8 Å². The lowest BCUT2D eigenvalue weighted by Crippen LogP contribution is -2.51. The number of amides is 1. The van der Waals surface area contributed by atoms with Crippen molar-refractivity contribution in [2.45, 2.75) is 12.5 Å². The SMILES string of the molecule is COCC1COCCN1C(=O)Cc1ccccc1. The second-order valence-electron chi connectivity index (χ2n) is 4.43. The molecule has 98 valence electrons. The summed E-state index contributed by atoms with van der Waals surface area (Å²) in [5.74, 6) is 0.145. The van der Waals surface area contributed by atoms with Gasteiger partial charge in [-0.25, -0.2) is 0 Å². The lowest BCUT2D eigenvalue weighted by Gasteiger charge is -2.35. The highest BCUT2D eigenvalue weighted by atomic mass is 16.5. The molecule has 4 nitrogen and oxygen atoms in total. The first-order valence-corrected chi connectivity index (χ1v) is 6.21. The van der Waals surface area contributed by atoms with Crippen molar-refractivity contribution in [3.63, 3.8) is 0 Å². The zero-order valence-electron chi connectivity index (χ0n) is 10.7. The average molecular weight is 249 g/mol. The first-order valence-electron chi connectivity index (χ1n) is 6.21. The van der Waals surface area contributed by atoms with E-state index in [0.717, 1.165) is 5.56 Å². The Kier molecular flexibility index (Phi) is 4.73. The van der Waals surface area contributed by atoms with Gasteiger partial charge in [-0.15, -0.1) is 0 Å². The van der Waals surface area contributed by atoms with Gasteiger partial charge in [-0.2, -0.15) is 0 Å². The van der Waals surface area contributed by atoms with E-state index in [1.54, 1.807) is 7.11 Å². The summed E-state index contributed by atoms with van der Waals surface area (Å²) in [5, 5.41) is 0. The lowest BCUT2D eigenvalue weighted by atomic mass is 10.1. The number of carbonyl (C=O) groups excluding carboxylic acids is 1. The fourth-order valence-electron chi connectivity index (χ4n) is 2.19. The number of benzene rings is 1. The van der Waals surface area contributed by atoms with Crippen molar-refractivity contribution < 1.29 is 14.3 Å². The summed E-state index contributed by atoms with van der Waals surface area (Å²) in [4.78, 5) is 14.1. The molecule has 0 N–H and O–H groups in total. The lowest BCUT2D eigenvalue weighted by molar-refractivity contribution is -0.141. The van der Waals surface area contributed by atoms with Crippen LogP contribution in [0.3, 0.4) is 0 Å². The first-order chi connectivity index (χ1) is 8.81. The number of methoxy groups -OCH3 is 1. The molecule has 0 bridgehead atoms. The predicted octanol–water partition coefficient (Wildman–Crippen LogP) is 1.10. The fraction of sp³-hybridized carbons (Fsp3) is 0.500. The van der Waals surface area contributed by atoms with Gasteiger partial charge in [-0.05, 0) is 5.56 Å². The summed E-state index contributed by atoms with van der Waals surface area (Å²) in [6.45, 7) is 2.36.